The zero-order valence-electron chi connectivity index (χ0n) is 23.2. The number of anilines is 3. The van der Waals surface area contributed by atoms with Crippen LogP contribution in [0.3, 0.4) is 0 Å². The number of alkyl halides is 1. The zero-order chi connectivity index (χ0) is 28.9. The normalized spacial score (nSPS) is 29.0. The van der Waals surface area contributed by atoms with E-state index in [-0.39, 0.29) is 29.4 Å². The summed E-state index contributed by atoms with van der Waals surface area (Å²) in [6, 6.07) is 4.90. The molecule has 3 N–H and O–H groups in total. The van der Waals surface area contributed by atoms with E-state index in [1.54, 1.807) is 0 Å². The quantitative estimate of drug-likeness (QED) is 0.453. The third-order valence-electron chi connectivity index (χ3n) is 10.0. The molecule has 6 heterocycles. The number of nitrogens with two attached hydrogens (primary N) is 1. The average Bonchev–Trinajstić information content (AvgIpc) is 3.72. The van der Waals surface area contributed by atoms with Crippen molar-refractivity contribution in [3.05, 3.63) is 16.0 Å². The van der Waals surface area contributed by atoms with Gasteiger partial charge < -0.3 is 25.4 Å². The lowest BCUT2D eigenvalue weighted by molar-refractivity contribution is 0.107. The van der Waals surface area contributed by atoms with Gasteiger partial charge in [-0.3, -0.25) is 4.90 Å². The number of halogens is 1. The summed E-state index contributed by atoms with van der Waals surface area (Å²) in [4.78, 5) is 21.5. The minimum atomic E-state index is -0.867. The van der Waals surface area contributed by atoms with E-state index < -0.39 is 17.3 Å². The van der Waals surface area contributed by atoms with Gasteiger partial charge in [0.2, 0.25) is 11.9 Å². The second kappa shape index (κ2) is 9.05. The molecule has 11 nitrogen and oxygen atoms in total. The summed E-state index contributed by atoms with van der Waals surface area (Å²) >= 11 is 3.32. The van der Waals surface area contributed by atoms with E-state index >= 15 is 0 Å². The van der Waals surface area contributed by atoms with Gasteiger partial charge in [-0.05, 0) is 45.1 Å². The van der Waals surface area contributed by atoms with Gasteiger partial charge in [0, 0.05) is 42.2 Å². The van der Waals surface area contributed by atoms with Gasteiger partial charge in [0.1, 0.15) is 29.4 Å². The maximum absolute atomic E-state index is 14.4. The van der Waals surface area contributed by atoms with Gasteiger partial charge in [-0.25, -0.2) is 4.39 Å². The topological polar surface area (TPSA) is 151 Å². The minimum absolute atomic E-state index is 0.151. The zero-order valence-corrected chi connectivity index (χ0v) is 24.8. The van der Waals surface area contributed by atoms with E-state index in [0.717, 1.165) is 35.6 Å². The summed E-state index contributed by atoms with van der Waals surface area (Å²) in [5.41, 5.74) is 5.82. The minimum Gasteiger partial charge on any atom is -0.461 e. The van der Waals surface area contributed by atoms with Crippen LogP contribution >= 0.6 is 23.1 Å². The number of aliphatic hydroxyl groups is 1. The summed E-state index contributed by atoms with van der Waals surface area (Å²) in [6.45, 7) is 3.06. The van der Waals surface area contributed by atoms with Crippen LogP contribution in [0.1, 0.15) is 60.9 Å². The Morgan fingerprint density at radius 3 is 2.69 bits per heavy atom. The Kier molecular flexibility index (Phi) is 5.75. The number of aromatic nitrogens is 3. The fourth-order valence-electron chi connectivity index (χ4n) is 7.31. The van der Waals surface area contributed by atoms with Crippen molar-refractivity contribution in [1.29, 1.82) is 10.5 Å². The molecule has 3 saturated heterocycles. The number of nitriles is 2. The van der Waals surface area contributed by atoms with E-state index in [0.29, 0.717) is 74.2 Å². The van der Waals surface area contributed by atoms with Crippen molar-refractivity contribution < 1.29 is 14.2 Å². The predicted molar refractivity (Wildman–Crippen MR) is 156 cm³/mol. The molecule has 0 bridgehead atoms. The van der Waals surface area contributed by atoms with Crippen LogP contribution in [0.25, 0.3) is 0 Å². The standard InChI is InChI=1S/C28H32FN9O2S2/c29-17-8-26(2-1-7-37(26)10-17)16-40-24-34-22(33-23(35-24)38(13-27(39)5-6-27)25(12-31)3-4-25)36-14-28(15-36)20-18(9-30)21(32)42-19(20)11-41-28/h17,39H,1-8,10-11,13-16,32H2/t17?,26-/m0/s1. The maximum Gasteiger partial charge on any atom is 0.323 e. The predicted octanol–water partition coefficient (Wildman–Crippen LogP) is 2.69. The molecule has 4 aliphatic heterocycles. The van der Waals surface area contributed by atoms with E-state index in [1.807, 2.05) is 16.7 Å². The summed E-state index contributed by atoms with van der Waals surface area (Å²) in [5.74, 6) is 1.58. The molecule has 0 amide bonds. The molecule has 0 radical (unpaired) electrons. The fourth-order valence-corrected chi connectivity index (χ4v) is 10.1. The number of rotatable bonds is 8. The highest BCUT2D eigenvalue weighted by molar-refractivity contribution is 8.00. The molecule has 220 valence electrons. The monoisotopic (exact) mass is 609 g/mol. The molecule has 2 aromatic heterocycles. The average molecular weight is 610 g/mol. The highest BCUT2D eigenvalue weighted by Crippen LogP contribution is 2.58. The van der Waals surface area contributed by atoms with Crippen LogP contribution in [0.15, 0.2) is 0 Å². The highest BCUT2D eigenvalue weighted by Gasteiger charge is 2.56. The number of thiophene rings is 1. The Labute approximate surface area is 251 Å². The lowest BCUT2D eigenvalue weighted by Gasteiger charge is -2.47. The first-order chi connectivity index (χ1) is 20.2. The molecule has 8 rings (SSSR count). The van der Waals surface area contributed by atoms with Crippen LogP contribution in [0.4, 0.5) is 21.3 Å². The van der Waals surface area contributed by atoms with Gasteiger partial charge in [-0.2, -0.15) is 25.5 Å². The smallest absolute Gasteiger partial charge is 0.323 e. The van der Waals surface area contributed by atoms with Gasteiger partial charge in [-0.15, -0.1) is 23.1 Å². The van der Waals surface area contributed by atoms with Crippen LogP contribution in [0, 0.1) is 22.7 Å². The number of hydrogen-bond acceptors (Lipinski definition) is 13. The van der Waals surface area contributed by atoms with Gasteiger partial charge in [0.05, 0.1) is 34.1 Å². The third-order valence-corrected chi connectivity index (χ3v) is 12.7. The van der Waals surface area contributed by atoms with Crippen molar-refractivity contribution in [3.63, 3.8) is 0 Å². The van der Waals surface area contributed by atoms with E-state index in [4.69, 9.17) is 25.4 Å². The van der Waals surface area contributed by atoms with Gasteiger partial charge in [0.15, 0.2) is 0 Å². The highest BCUT2D eigenvalue weighted by atomic mass is 32.2. The van der Waals surface area contributed by atoms with Crippen LogP contribution in [0.5, 0.6) is 6.01 Å². The molecule has 2 aliphatic carbocycles. The molecular weight excluding hydrogens is 578 g/mol. The van der Waals surface area contributed by atoms with Crippen molar-refractivity contribution in [2.75, 3.05) is 54.9 Å². The number of ether oxygens (including phenoxy) is 1. The molecule has 1 spiro atoms. The number of thioether (sulfide) groups is 1. The Morgan fingerprint density at radius 2 is 1.98 bits per heavy atom. The Balaban J connectivity index is 1.12. The van der Waals surface area contributed by atoms with Crippen molar-refractivity contribution in [2.24, 2.45) is 0 Å². The summed E-state index contributed by atoms with van der Waals surface area (Å²) in [6.07, 6.45) is 4.15. The number of β-amino-alcohol motifs (C(OH)–C–C–N with tert-alkyl or cyclic N) is 1. The molecular formula is C28H32FN9O2S2. The molecule has 2 saturated carbocycles. The Morgan fingerprint density at radius 1 is 1.17 bits per heavy atom. The summed E-state index contributed by atoms with van der Waals surface area (Å²) < 4.78 is 20.5. The van der Waals surface area contributed by atoms with E-state index in [9.17, 15) is 20.0 Å². The van der Waals surface area contributed by atoms with Gasteiger partial charge in [-0.1, -0.05) is 0 Å². The van der Waals surface area contributed by atoms with Crippen LogP contribution in [-0.4, -0.2) is 87.1 Å². The number of hydrogen-bond donors (Lipinski definition) is 2. The first-order valence-corrected chi connectivity index (χ1v) is 16.4. The Hall–Kier alpha value is -2.91. The van der Waals surface area contributed by atoms with Crippen molar-refractivity contribution in [1.82, 2.24) is 19.9 Å². The van der Waals surface area contributed by atoms with Gasteiger partial charge in [0.25, 0.3) is 0 Å². The second-order valence-corrected chi connectivity index (χ2v) is 15.4. The van der Waals surface area contributed by atoms with E-state index in [2.05, 4.69) is 21.9 Å². The molecule has 14 heteroatoms. The van der Waals surface area contributed by atoms with Crippen LogP contribution in [0.2, 0.25) is 0 Å². The molecule has 0 aromatic carbocycles. The summed E-state index contributed by atoms with van der Waals surface area (Å²) in [7, 11) is 0. The van der Waals surface area contributed by atoms with Crippen LogP contribution in [-0.2, 0) is 10.5 Å². The lowest BCUT2D eigenvalue weighted by Crippen LogP contribution is -2.57. The van der Waals surface area contributed by atoms with Crippen molar-refractivity contribution >= 4 is 40.0 Å². The van der Waals surface area contributed by atoms with Crippen molar-refractivity contribution in [2.45, 2.75) is 78.3 Å². The molecule has 6 aliphatic rings. The first kappa shape index (κ1) is 26.7. The van der Waals surface area contributed by atoms with Crippen LogP contribution < -0.4 is 20.3 Å². The second-order valence-electron chi connectivity index (χ2n) is 12.9. The van der Waals surface area contributed by atoms with E-state index in [1.165, 1.54) is 11.3 Å². The first-order valence-electron chi connectivity index (χ1n) is 14.6. The fraction of sp³-hybridized carbons (Fsp3) is 0.679. The molecule has 2 atom stereocenters. The number of nitrogens with zero attached hydrogens (tertiary/aromatic N) is 8. The molecule has 1 unspecified atom stereocenters. The van der Waals surface area contributed by atoms with Crippen molar-refractivity contribution in [3.8, 4) is 18.1 Å². The lowest BCUT2D eigenvalue weighted by atomic mass is 9.88. The number of fused-ring (bicyclic) bond motifs is 3. The SMILES string of the molecule is N#Cc1c(N)sc2c1C1(CN(c3nc(OC[C@@]45CCCN4CC(F)C5)nc(N(CC4(O)CC4)C4(C#N)CC4)n3)C1)SC2. The largest absolute Gasteiger partial charge is 0.461 e. The molecule has 42 heavy (non-hydrogen) atoms. The summed E-state index contributed by atoms with van der Waals surface area (Å²) in [5, 5.41) is 31.3. The maximum atomic E-state index is 14.4. The Bertz CT molecular complexity index is 1540. The molecule has 2 aromatic rings. The third kappa shape index (κ3) is 4.06. The number of nitrogen functional groups attached to an aromatic ring is 1. The molecule has 5 fully saturated rings. The van der Waals surface area contributed by atoms with Gasteiger partial charge >= 0.3 is 6.01 Å².